The standard InChI is InChI=1S/C22H21F2N3O2S/c23-15-5-6-18(24)17(13-15)20-7-9-26(11-12-30-20)21(28)8-10-27-14-25-19-4-2-1-3-16(19)22(27)29/h1-6,13-14,20H,7-12H2/t20-/m1/s1. The Morgan fingerprint density at radius 3 is 2.87 bits per heavy atom. The molecule has 4 rings (SSSR count). The monoisotopic (exact) mass is 429 g/mol. The van der Waals surface area contributed by atoms with Crippen molar-refractivity contribution < 1.29 is 13.6 Å². The molecule has 2 heterocycles. The summed E-state index contributed by atoms with van der Waals surface area (Å²) < 4.78 is 29.1. The minimum atomic E-state index is -0.460. The van der Waals surface area contributed by atoms with E-state index in [9.17, 15) is 18.4 Å². The van der Waals surface area contributed by atoms with Crippen LogP contribution in [0.25, 0.3) is 10.9 Å². The maximum Gasteiger partial charge on any atom is 0.261 e. The molecule has 1 saturated heterocycles. The maximum absolute atomic E-state index is 14.1. The van der Waals surface area contributed by atoms with Crippen LogP contribution in [0.2, 0.25) is 0 Å². The van der Waals surface area contributed by atoms with Gasteiger partial charge in [-0.05, 0) is 36.8 Å². The molecule has 1 aliphatic heterocycles. The molecule has 1 fully saturated rings. The first-order valence-corrected chi connectivity index (χ1v) is 10.9. The molecule has 3 aromatic rings. The van der Waals surface area contributed by atoms with Gasteiger partial charge in [0.05, 0.1) is 17.2 Å². The van der Waals surface area contributed by atoms with Crippen LogP contribution in [0.3, 0.4) is 0 Å². The maximum atomic E-state index is 14.1. The van der Waals surface area contributed by atoms with E-state index in [-0.39, 0.29) is 29.7 Å². The molecule has 5 nitrogen and oxygen atoms in total. The van der Waals surface area contributed by atoms with Crippen molar-refractivity contribution in [1.82, 2.24) is 14.5 Å². The molecule has 0 saturated carbocycles. The average Bonchev–Trinajstić information content (AvgIpc) is 3.01. The Morgan fingerprint density at radius 1 is 1.17 bits per heavy atom. The molecule has 8 heteroatoms. The van der Waals surface area contributed by atoms with E-state index in [1.165, 1.54) is 28.7 Å². The van der Waals surface area contributed by atoms with Crippen LogP contribution in [-0.4, -0.2) is 39.2 Å². The van der Waals surface area contributed by atoms with Gasteiger partial charge in [0.2, 0.25) is 5.91 Å². The molecule has 0 N–H and O–H groups in total. The van der Waals surface area contributed by atoms with Crippen LogP contribution in [-0.2, 0) is 11.3 Å². The molecule has 1 aromatic heterocycles. The summed E-state index contributed by atoms with van der Waals surface area (Å²) in [5, 5.41) is 0.337. The zero-order valence-electron chi connectivity index (χ0n) is 16.3. The summed E-state index contributed by atoms with van der Waals surface area (Å²) in [6, 6.07) is 10.6. The van der Waals surface area contributed by atoms with Gasteiger partial charge in [-0.25, -0.2) is 13.8 Å². The van der Waals surface area contributed by atoms with E-state index in [2.05, 4.69) is 4.98 Å². The van der Waals surface area contributed by atoms with E-state index < -0.39 is 11.6 Å². The van der Waals surface area contributed by atoms with Crippen molar-refractivity contribution in [3.8, 4) is 0 Å². The Labute approximate surface area is 176 Å². The first-order valence-electron chi connectivity index (χ1n) is 9.81. The summed E-state index contributed by atoms with van der Waals surface area (Å²) in [5.41, 5.74) is 0.815. The summed E-state index contributed by atoms with van der Waals surface area (Å²) >= 11 is 1.53. The number of hydrogen-bond acceptors (Lipinski definition) is 4. The Morgan fingerprint density at radius 2 is 2.00 bits per heavy atom. The van der Waals surface area contributed by atoms with Gasteiger partial charge >= 0.3 is 0 Å². The Balaban J connectivity index is 1.39. The highest BCUT2D eigenvalue weighted by Gasteiger charge is 2.24. The summed E-state index contributed by atoms with van der Waals surface area (Å²) in [4.78, 5) is 31.3. The van der Waals surface area contributed by atoms with E-state index in [0.717, 1.165) is 12.1 Å². The summed E-state index contributed by atoms with van der Waals surface area (Å²) in [6.07, 6.45) is 2.21. The van der Waals surface area contributed by atoms with E-state index in [4.69, 9.17) is 0 Å². The molecular formula is C22H21F2N3O2S. The fourth-order valence-electron chi connectivity index (χ4n) is 3.67. The molecule has 0 spiro atoms. The van der Waals surface area contributed by atoms with Crippen LogP contribution in [0.15, 0.2) is 53.6 Å². The second-order valence-corrected chi connectivity index (χ2v) is 8.52. The lowest BCUT2D eigenvalue weighted by atomic mass is 10.1. The van der Waals surface area contributed by atoms with E-state index in [1.54, 1.807) is 23.1 Å². The predicted molar refractivity (Wildman–Crippen MR) is 113 cm³/mol. The number of aromatic nitrogens is 2. The number of aryl methyl sites for hydroxylation is 1. The molecule has 30 heavy (non-hydrogen) atoms. The highest BCUT2D eigenvalue weighted by Crippen LogP contribution is 2.36. The fraction of sp³-hybridized carbons (Fsp3) is 0.318. The number of fused-ring (bicyclic) bond motifs is 1. The zero-order valence-corrected chi connectivity index (χ0v) is 17.1. The van der Waals surface area contributed by atoms with Gasteiger partial charge < -0.3 is 4.90 Å². The zero-order chi connectivity index (χ0) is 21.1. The van der Waals surface area contributed by atoms with Gasteiger partial charge in [-0.2, -0.15) is 11.8 Å². The number of halogens is 2. The van der Waals surface area contributed by atoms with Crippen molar-refractivity contribution in [2.75, 3.05) is 18.8 Å². The third-order valence-corrected chi connectivity index (χ3v) is 6.61. The molecular weight excluding hydrogens is 408 g/mol. The summed E-state index contributed by atoms with van der Waals surface area (Å²) in [6.45, 7) is 1.26. The van der Waals surface area contributed by atoms with E-state index >= 15 is 0 Å². The van der Waals surface area contributed by atoms with Crippen LogP contribution >= 0.6 is 11.8 Å². The fourth-order valence-corrected chi connectivity index (χ4v) is 4.91. The number of carbonyl (C=O) groups is 1. The Hall–Kier alpha value is -2.74. The van der Waals surface area contributed by atoms with Gasteiger partial charge in [-0.3, -0.25) is 14.2 Å². The summed E-state index contributed by atoms with van der Waals surface area (Å²) in [5.74, 6) is -0.296. The number of hydrogen-bond donors (Lipinski definition) is 0. The third kappa shape index (κ3) is 4.38. The average molecular weight is 429 g/mol. The van der Waals surface area contributed by atoms with Gasteiger partial charge in [0.1, 0.15) is 11.6 Å². The van der Waals surface area contributed by atoms with Crippen molar-refractivity contribution in [1.29, 1.82) is 0 Å². The Bertz CT molecular complexity index is 1130. The second kappa shape index (κ2) is 8.95. The van der Waals surface area contributed by atoms with Crippen LogP contribution < -0.4 is 5.56 Å². The van der Waals surface area contributed by atoms with Gasteiger partial charge in [-0.15, -0.1) is 0 Å². The van der Waals surface area contributed by atoms with Crippen molar-refractivity contribution in [3.63, 3.8) is 0 Å². The van der Waals surface area contributed by atoms with Crippen molar-refractivity contribution in [2.45, 2.75) is 24.6 Å². The Kier molecular flexibility index (Phi) is 6.13. The van der Waals surface area contributed by atoms with Crippen LogP contribution in [0.4, 0.5) is 8.78 Å². The van der Waals surface area contributed by atoms with Crippen LogP contribution in [0.5, 0.6) is 0 Å². The van der Waals surface area contributed by atoms with Crippen molar-refractivity contribution >= 4 is 28.6 Å². The lowest BCUT2D eigenvalue weighted by molar-refractivity contribution is -0.131. The van der Waals surface area contributed by atoms with Gasteiger partial charge in [0.15, 0.2) is 0 Å². The predicted octanol–water partition coefficient (Wildman–Crippen LogP) is 3.77. The van der Waals surface area contributed by atoms with E-state index in [1.807, 2.05) is 6.07 Å². The molecule has 0 bridgehead atoms. The lowest BCUT2D eigenvalue weighted by Crippen LogP contribution is -2.34. The number of rotatable bonds is 4. The number of benzene rings is 2. The first kappa shape index (κ1) is 20.5. The van der Waals surface area contributed by atoms with Crippen molar-refractivity contribution in [2.24, 2.45) is 0 Å². The van der Waals surface area contributed by atoms with Gasteiger partial charge in [0.25, 0.3) is 5.56 Å². The first-order chi connectivity index (χ1) is 14.5. The molecule has 1 aliphatic rings. The van der Waals surface area contributed by atoms with Crippen molar-refractivity contribution in [3.05, 3.63) is 76.3 Å². The minimum Gasteiger partial charge on any atom is -0.342 e. The molecule has 1 amide bonds. The molecule has 0 aliphatic carbocycles. The SMILES string of the molecule is O=C(CCn1cnc2ccccc2c1=O)N1CCS[C@@H](c2cc(F)ccc2F)CC1. The van der Waals surface area contributed by atoms with Gasteiger partial charge in [0, 0.05) is 42.6 Å². The molecule has 0 radical (unpaired) electrons. The second-order valence-electron chi connectivity index (χ2n) is 7.20. The number of para-hydroxylation sites is 1. The number of amides is 1. The quantitative estimate of drug-likeness (QED) is 0.634. The number of nitrogens with zero attached hydrogens (tertiary/aromatic N) is 3. The summed E-state index contributed by atoms with van der Waals surface area (Å²) in [7, 11) is 0. The molecule has 2 aromatic carbocycles. The normalized spacial score (nSPS) is 17.1. The number of carbonyl (C=O) groups excluding carboxylic acids is 1. The highest BCUT2D eigenvalue weighted by molar-refractivity contribution is 7.99. The topological polar surface area (TPSA) is 55.2 Å². The third-order valence-electron chi connectivity index (χ3n) is 5.30. The minimum absolute atomic E-state index is 0.0592. The van der Waals surface area contributed by atoms with E-state index in [0.29, 0.717) is 41.7 Å². The van der Waals surface area contributed by atoms with Crippen LogP contribution in [0, 0.1) is 11.6 Å². The van der Waals surface area contributed by atoms with Crippen LogP contribution in [0.1, 0.15) is 23.7 Å². The lowest BCUT2D eigenvalue weighted by Gasteiger charge is -2.20. The van der Waals surface area contributed by atoms with Gasteiger partial charge in [-0.1, -0.05) is 12.1 Å². The molecule has 156 valence electrons. The molecule has 1 atom stereocenters. The number of thioether (sulfide) groups is 1. The largest absolute Gasteiger partial charge is 0.342 e. The molecule has 0 unspecified atom stereocenters. The smallest absolute Gasteiger partial charge is 0.261 e. The highest BCUT2D eigenvalue weighted by atomic mass is 32.2.